The largest absolute Gasteiger partial charge is 0.117 e. The quantitative estimate of drug-likeness (QED) is 0.601. The number of benzene rings is 1. The molecule has 4 bridgehead atoms. The highest BCUT2D eigenvalue weighted by atomic mass is 35.5. The normalized spacial score (nSPS) is 41.5. The first-order chi connectivity index (χ1) is 9.14. The van der Waals surface area contributed by atoms with E-state index in [-0.39, 0.29) is 5.38 Å². The van der Waals surface area contributed by atoms with Crippen molar-refractivity contribution in [3.8, 4) is 0 Å². The summed E-state index contributed by atoms with van der Waals surface area (Å²) < 4.78 is 0. The van der Waals surface area contributed by atoms with Crippen molar-refractivity contribution in [2.45, 2.75) is 43.9 Å². The van der Waals surface area contributed by atoms with E-state index >= 15 is 0 Å². The van der Waals surface area contributed by atoms with Crippen LogP contribution in [0.15, 0.2) is 24.3 Å². The van der Waals surface area contributed by atoms with Gasteiger partial charge in [-0.25, -0.2) is 0 Å². The Balaban J connectivity index is 1.65. The second-order valence-electron chi connectivity index (χ2n) is 7.19. The Morgan fingerprint density at radius 3 is 1.84 bits per heavy atom. The van der Waals surface area contributed by atoms with Crippen LogP contribution in [0.1, 0.15) is 49.5 Å². The first-order valence-corrected chi connectivity index (χ1v) is 8.36. The lowest BCUT2D eigenvalue weighted by Crippen LogP contribution is -2.47. The fraction of sp³-hybridized carbons (Fsp3) is 0.647. The van der Waals surface area contributed by atoms with Crippen molar-refractivity contribution in [2.75, 3.05) is 0 Å². The maximum atomic E-state index is 6.94. The van der Waals surface area contributed by atoms with E-state index in [0.717, 1.165) is 22.8 Å². The third-order valence-electron chi connectivity index (χ3n) is 5.79. The zero-order valence-corrected chi connectivity index (χ0v) is 12.6. The van der Waals surface area contributed by atoms with Crippen LogP contribution in [0.5, 0.6) is 0 Å². The standard InChI is InChI=1S/C17H20Cl2/c18-15-3-1-14(2-4-15)16(19)17-8-11-5-12(9-17)7-13(6-11)10-17/h1-4,11-13,16H,5-10H2. The summed E-state index contributed by atoms with van der Waals surface area (Å²) in [6.45, 7) is 0. The first-order valence-electron chi connectivity index (χ1n) is 7.54. The Hall–Kier alpha value is -0.200. The van der Waals surface area contributed by atoms with Gasteiger partial charge in [0, 0.05) is 5.02 Å². The van der Waals surface area contributed by atoms with Crippen LogP contribution in [0.3, 0.4) is 0 Å². The molecule has 1 unspecified atom stereocenters. The van der Waals surface area contributed by atoms with E-state index in [2.05, 4.69) is 12.1 Å². The van der Waals surface area contributed by atoms with Gasteiger partial charge < -0.3 is 0 Å². The van der Waals surface area contributed by atoms with E-state index in [0.29, 0.717) is 5.41 Å². The fourth-order valence-corrected chi connectivity index (χ4v) is 6.01. The Bertz CT molecular complexity index is 441. The zero-order valence-electron chi connectivity index (χ0n) is 11.1. The molecular weight excluding hydrogens is 275 g/mol. The maximum absolute atomic E-state index is 6.94. The van der Waals surface area contributed by atoms with Crippen molar-refractivity contribution in [3.05, 3.63) is 34.9 Å². The van der Waals surface area contributed by atoms with Crippen LogP contribution >= 0.6 is 23.2 Å². The lowest BCUT2D eigenvalue weighted by molar-refractivity contribution is -0.0552. The molecule has 0 aliphatic heterocycles. The molecule has 4 aliphatic rings. The molecule has 5 rings (SSSR count). The van der Waals surface area contributed by atoms with E-state index in [1.165, 1.54) is 44.1 Å². The Kier molecular flexibility index (Phi) is 2.90. The predicted octanol–water partition coefficient (Wildman–Crippen LogP) is 5.84. The maximum Gasteiger partial charge on any atom is 0.0641 e. The average Bonchev–Trinajstić information content (AvgIpc) is 2.37. The minimum Gasteiger partial charge on any atom is -0.117 e. The molecule has 102 valence electrons. The third-order valence-corrected chi connectivity index (χ3v) is 6.75. The smallest absolute Gasteiger partial charge is 0.0641 e. The van der Waals surface area contributed by atoms with Crippen molar-refractivity contribution in [3.63, 3.8) is 0 Å². The Labute approximate surface area is 125 Å². The van der Waals surface area contributed by atoms with E-state index in [1.54, 1.807) is 0 Å². The number of hydrogen-bond donors (Lipinski definition) is 0. The summed E-state index contributed by atoms with van der Waals surface area (Å²) in [6, 6.07) is 8.21. The van der Waals surface area contributed by atoms with Crippen LogP contribution in [-0.2, 0) is 0 Å². The predicted molar refractivity (Wildman–Crippen MR) is 80.7 cm³/mol. The van der Waals surface area contributed by atoms with Crippen LogP contribution in [0, 0.1) is 23.2 Å². The van der Waals surface area contributed by atoms with E-state index in [9.17, 15) is 0 Å². The van der Waals surface area contributed by atoms with Crippen molar-refractivity contribution in [1.29, 1.82) is 0 Å². The summed E-state index contributed by atoms with van der Waals surface area (Å²) in [6.07, 6.45) is 8.50. The monoisotopic (exact) mass is 294 g/mol. The summed E-state index contributed by atoms with van der Waals surface area (Å²) in [5.74, 6) is 2.87. The van der Waals surface area contributed by atoms with Gasteiger partial charge in [-0.05, 0) is 79.4 Å². The van der Waals surface area contributed by atoms with Gasteiger partial charge in [-0.3, -0.25) is 0 Å². The van der Waals surface area contributed by atoms with Crippen molar-refractivity contribution >= 4 is 23.2 Å². The van der Waals surface area contributed by atoms with E-state index in [4.69, 9.17) is 23.2 Å². The summed E-state index contributed by atoms with van der Waals surface area (Å²) in [7, 11) is 0. The number of hydrogen-bond acceptors (Lipinski definition) is 0. The SMILES string of the molecule is Clc1ccc(C(Cl)C23CC4CC(CC(C4)C2)C3)cc1. The van der Waals surface area contributed by atoms with E-state index in [1.807, 2.05) is 12.1 Å². The molecule has 1 aromatic carbocycles. The molecule has 4 aliphatic carbocycles. The van der Waals surface area contributed by atoms with Gasteiger partial charge in [0.1, 0.15) is 0 Å². The van der Waals surface area contributed by atoms with E-state index < -0.39 is 0 Å². The fourth-order valence-electron chi connectivity index (χ4n) is 5.47. The summed E-state index contributed by atoms with van der Waals surface area (Å²) >= 11 is 12.9. The summed E-state index contributed by atoms with van der Waals surface area (Å²) in [5, 5.41) is 0.983. The van der Waals surface area contributed by atoms with Crippen LogP contribution in [0.4, 0.5) is 0 Å². The summed E-state index contributed by atoms with van der Waals surface area (Å²) in [5.41, 5.74) is 1.65. The molecule has 0 saturated heterocycles. The molecule has 4 fully saturated rings. The highest BCUT2D eigenvalue weighted by molar-refractivity contribution is 6.30. The molecule has 0 aromatic heterocycles. The van der Waals surface area contributed by atoms with Crippen LogP contribution < -0.4 is 0 Å². The number of rotatable bonds is 2. The lowest BCUT2D eigenvalue weighted by Gasteiger charge is -2.58. The van der Waals surface area contributed by atoms with Crippen molar-refractivity contribution in [2.24, 2.45) is 23.2 Å². The van der Waals surface area contributed by atoms with Crippen LogP contribution in [0.2, 0.25) is 5.02 Å². The van der Waals surface area contributed by atoms with Gasteiger partial charge >= 0.3 is 0 Å². The molecule has 1 atom stereocenters. The van der Waals surface area contributed by atoms with Gasteiger partial charge in [0.25, 0.3) is 0 Å². The minimum atomic E-state index is 0.179. The van der Waals surface area contributed by atoms with Gasteiger partial charge in [0.05, 0.1) is 5.38 Å². The Morgan fingerprint density at radius 2 is 1.37 bits per heavy atom. The van der Waals surface area contributed by atoms with Gasteiger partial charge in [0.15, 0.2) is 0 Å². The minimum absolute atomic E-state index is 0.179. The molecule has 1 aromatic rings. The topological polar surface area (TPSA) is 0 Å². The van der Waals surface area contributed by atoms with Gasteiger partial charge in [-0.15, -0.1) is 11.6 Å². The second kappa shape index (κ2) is 4.40. The molecule has 19 heavy (non-hydrogen) atoms. The highest BCUT2D eigenvalue weighted by Gasteiger charge is 2.54. The molecule has 0 heterocycles. The van der Waals surface area contributed by atoms with Gasteiger partial charge in [0.2, 0.25) is 0 Å². The molecule has 0 radical (unpaired) electrons. The molecule has 0 nitrogen and oxygen atoms in total. The average molecular weight is 295 g/mol. The lowest BCUT2D eigenvalue weighted by atomic mass is 9.48. The third kappa shape index (κ3) is 2.03. The number of halogens is 2. The number of alkyl halides is 1. The second-order valence-corrected chi connectivity index (χ2v) is 8.07. The van der Waals surface area contributed by atoms with Crippen LogP contribution in [-0.4, -0.2) is 0 Å². The van der Waals surface area contributed by atoms with Crippen molar-refractivity contribution < 1.29 is 0 Å². The Morgan fingerprint density at radius 1 is 0.895 bits per heavy atom. The van der Waals surface area contributed by atoms with Gasteiger partial charge in [-0.2, -0.15) is 0 Å². The summed E-state index contributed by atoms with van der Waals surface area (Å²) in [4.78, 5) is 0. The van der Waals surface area contributed by atoms with Crippen LogP contribution in [0.25, 0.3) is 0 Å². The molecular formula is C17H20Cl2. The molecule has 2 heteroatoms. The highest BCUT2D eigenvalue weighted by Crippen LogP contribution is 2.65. The van der Waals surface area contributed by atoms with Crippen molar-refractivity contribution in [1.82, 2.24) is 0 Å². The van der Waals surface area contributed by atoms with Gasteiger partial charge in [-0.1, -0.05) is 23.7 Å². The first kappa shape index (κ1) is 12.5. The molecule has 0 N–H and O–H groups in total. The molecule has 0 spiro atoms. The zero-order chi connectivity index (χ0) is 13.0. The molecule has 0 amide bonds. The molecule has 4 saturated carbocycles.